The largest absolute Gasteiger partial charge is 0.454 e. The molecule has 2 saturated heterocycles. The van der Waals surface area contributed by atoms with Gasteiger partial charge in [0, 0.05) is 70.3 Å². The van der Waals surface area contributed by atoms with Gasteiger partial charge in [-0.25, -0.2) is 0 Å². The molecule has 282 valence electrons. The summed E-state index contributed by atoms with van der Waals surface area (Å²) in [5, 5.41) is 29.9. The van der Waals surface area contributed by atoms with Crippen molar-refractivity contribution in [3.05, 3.63) is 70.3 Å². The van der Waals surface area contributed by atoms with Gasteiger partial charge in [0.25, 0.3) is 0 Å². The molecule has 3 fully saturated rings. The Kier molecular flexibility index (Phi) is 10.2. The summed E-state index contributed by atoms with van der Waals surface area (Å²) in [5.41, 5.74) is 1.29. The third-order valence-corrected chi connectivity index (χ3v) is 12.8. The van der Waals surface area contributed by atoms with Crippen LogP contribution in [0.5, 0.6) is 0 Å². The standard InChI is InChI=1S/C40H53ClN4O7/c1-23-10-13-28(14-11-23)45-18-16-44(17-19-45)22-25(3)29-15-12-26(4)40(49)31(29)20-24(2)35(50-27(5)46)36(40)51-37(47)33-21-39(48)30-8-7-9-32(41)34(30)43(6)52-38(39)42-33/h7-11,13-14,20,25-26,29,31,33,35-36,38,42,48-49H,12,15-19,21-22H2,1-6H3/t25?,26-,29+,31-,33+,35-,36+,38-,39-,40-/m1/s1. The molecule has 11 nitrogen and oxygen atoms in total. The number of piperazine rings is 1. The molecule has 3 heterocycles. The maximum absolute atomic E-state index is 14.2. The SMILES string of the molecule is CC(=O)O[C@@H]1C(C)=C[C@@H]2[C@H](C(C)CN3CCN(c4ccc(C)cc4)CC3)CC[C@@H](C)[C@]2(O)[C@H]1OC(=O)[C@@H]1C[C@@]2(O)c3cccc(Cl)c3N(C)O[C@H]2N1. The molecular formula is C40H53ClN4O7. The Bertz CT molecular complexity index is 1700. The molecule has 1 saturated carbocycles. The first-order valence-electron chi connectivity index (χ1n) is 18.7. The molecule has 0 amide bonds. The van der Waals surface area contributed by atoms with Crippen molar-refractivity contribution in [2.24, 2.45) is 23.7 Å². The van der Waals surface area contributed by atoms with Gasteiger partial charge in [0.1, 0.15) is 17.2 Å². The number of nitrogens with zero attached hydrogens (tertiary/aromatic N) is 3. The molecule has 2 aromatic rings. The maximum Gasteiger partial charge on any atom is 0.323 e. The van der Waals surface area contributed by atoms with Crippen molar-refractivity contribution in [3.63, 3.8) is 0 Å². The fraction of sp³-hybridized carbons (Fsp3) is 0.600. The summed E-state index contributed by atoms with van der Waals surface area (Å²) in [6, 6.07) is 13.0. The number of fused-ring (bicyclic) bond motifs is 4. The van der Waals surface area contributed by atoms with Gasteiger partial charge >= 0.3 is 11.9 Å². The molecule has 0 spiro atoms. The van der Waals surface area contributed by atoms with Crippen molar-refractivity contribution in [1.29, 1.82) is 0 Å². The van der Waals surface area contributed by atoms with Gasteiger partial charge in [-0.3, -0.25) is 29.7 Å². The second kappa shape index (κ2) is 14.2. The fourth-order valence-corrected chi connectivity index (χ4v) is 9.94. The highest BCUT2D eigenvalue weighted by molar-refractivity contribution is 6.33. The number of aliphatic hydroxyl groups is 2. The normalized spacial score (nSPS) is 35.2. The van der Waals surface area contributed by atoms with E-state index in [1.165, 1.54) is 23.2 Å². The molecule has 0 aromatic heterocycles. The number of hydrogen-bond donors (Lipinski definition) is 3. The zero-order valence-corrected chi connectivity index (χ0v) is 31.8. The van der Waals surface area contributed by atoms with Gasteiger partial charge in [0.2, 0.25) is 0 Å². The lowest BCUT2D eigenvalue weighted by molar-refractivity contribution is -0.225. The van der Waals surface area contributed by atoms with Gasteiger partial charge in [-0.05, 0) is 68.2 Å². The average Bonchev–Trinajstić information content (AvgIpc) is 3.45. The Labute approximate surface area is 311 Å². The second-order valence-corrected chi connectivity index (χ2v) is 16.3. The molecule has 52 heavy (non-hydrogen) atoms. The van der Waals surface area contributed by atoms with Gasteiger partial charge in [-0.2, -0.15) is 0 Å². The van der Waals surface area contributed by atoms with E-state index < -0.39 is 47.6 Å². The number of hydroxylamine groups is 1. The number of halogens is 1. The number of esters is 2. The quantitative estimate of drug-likeness (QED) is 0.274. The van der Waals surface area contributed by atoms with E-state index in [0.29, 0.717) is 16.3 Å². The number of rotatable bonds is 7. The highest BCUT2D eigenvalue weighted by Crippen LogP contribution is 2.53. The number of nitrogens with one attached hydrogen (secondary N) is 1. The lowest BCUT2D eigenvalue weighted by atomic mass is 9.55. The number of anilines is 2. The van der Waals surface area contributed by atoms with E-state index in [1.54, 1.807) is 25.2 Å². The van der Waals surface area contributed by atoms with Gasteiger partial charge < -0.3 is 24.6 Å². The molecule has 3 aliphatic heterocycles. The molecular weight excluding hydrogens is 684 g/mol. The first-order chi connectivity index (χ1) is 24.7. The van der Waals surface area contributed by atoms with Crippen LogP contribution in [-0.4, -0.2) is 96.9 Å². The first kappa shape index (κ1) is 37.1. The number of carbonyl (C=O) groups is 2. The minimum atomic E-state index is -1.56. The Morgan fingerprint density at radius 2 is 1.77 bits per heavy atom. The van der Waals surface area contributed by atoms with Crippen LogP contribution < -0.4 is 15.3 Å². The van der Waals surface area contributed by atoms with Crippen LogP contribution in [0.4, 0.5) is 11.4 Å². The number of hydrogen-bond acceptors (Lipinski definition) is 11. The van der Waals surface area contributed by atoms with Gasteiger partial charge in [0.05, 0.1) is 10.7 Å². The van der Waals surface area contributed by atoms with Gasteiger partial charge in [-0.1, -0.05) is 61.4 Å². The van der Waals surface area contributed by atoms with E-state index in [-0.39, 0.29) is 30.1 Å². The molecule has 0 radical (unpaired) electrons. The number of para-hydroxylation sites is 1. The van der Waals surface area contributed by atoms with Crippen LogP contribution in [0.2, 0.25) is 5.02 Å². The van der Waals surface area contributed by atoms with E-state index >= 15 is 0 Å². The van der Waals surface area contributed by atoms with E-state index in [1.807, 2.05) is 13.8 Å². The summed E-state index contributed by atoms with van der Waals surface area (Å²) in [6.45, 7) is 14.3. The van der Waals surface area contributed by atoms with Crippen molar-refractivity contribution in [2.75, 3.05) is 49.7 Å². The van der Waals surface area contributed by atoms with Crippen molar-refractivity contribution in [2.45, 2.75) is 89.6 Å². The number of benzene rings is 2. The molecule has 10 atom stereocenters. The average molecular weight is 737 g/mol. The summed E-state index contributed by atoms with van der Waals surface area (Å²) in [4.78, 5) is 37.6. The minimum absolute atomic E-state index is 0.0360. The lowest BCUT2D eigenvalue weighted by Crippen LogP contribution is -2.66. The predicted molar refractivity (Wildman–Crippen MR) is 199 cm³/mol. The summed E-state index contributed by atoms with van der Waals surface area (Å²) in [5.74, 6) is -1.38. The molecule has 3 N–H and O–H groups in total. The summed E-state index contributed by atoms with van der Waals surface area (Å²) in [6.07, 6.45) is 0.650. The zero-order valence-electron chi connectivity index (χ0n) is 31.0. The van der Waals surface area contributed by atoms with E-state index in [4.69, 9.17) is 25.9 Å². The van der Waals surface area contributed by atoms with Crippen molar-refractivity contribution in [3.8, 4) is 0 Å². The van der Waals surface area contributed by atoms with E-state index in [2.05, 4.69) is 59.3 Å². The van der Waals surface area contributed by atoms with Crippen LogP contribution in [0.1, 0.15) is 58.1 Å². The Balaban J connectivity index is 1.10. The van der Waals surface area contributed by atoms with Crippen LogP contribution in [0.25, 0.3) is 0 Å². The molecule has 0 bridgehead atoms. The molecule has 2 aliphatic carbocycles. The van der Waals surface area contributed by atoms with Gasteiger partial charge in [0.15, 0.2) is 18.4 Å². The van der Waals surface area contributed by atoms with Crippen LogP contribution in [0, 0.1) is 30.6 Å². The Morgan fingerprint density at radius 3 is 2.46 bits per heavy atom. The summed E-state index contributed by atoms with van der Waals surface area (Å²) in [7, 11) is 1.70. The van der Waals surface area contributed by atoms with Crippen molar-refractivity contribution >= 4 is 34.9 Å². The predicted octanol–water partition coefficient (Wildman–Crippen LogP) is 4.56. The van der Waals surface area contributed by atoms with Crippen molar-refractivity contribution in [1.82, 2.24) is 10.2 Å². The molecule has 7 rings (SSSR count). The summed E-state index contributed by atoms with van der Waals surface area (Å²) < 4.78 is 12.2. The first-order valence-corrected chi connectivity index (χ1v) is 19.1. The monoisotopic (exact) mass is 736 g/mol. The highest BCUT2D eigenvalue weighted by Gasteiger charge is 2.62. The number of aryl methyl sites for hydroxylation is 1. The highest BCUT2D eigenvalue weighted by atomic mass is 35.5. The minimum Gasteiger partial charge on any atom is -0.454 e. The van der Waals surface area contributed by atoms with E-state index in [0.717, 1.165) is 51.1 Å². The molecule has 12 heteroatoms. The second-order valence-electron chi connectivity index (χ2n) is 15.9. The van der Waals surface area contributed by atoms with Crippen LogP contribution >= 0.6 is 11.6 Å². The molecule has 1 unspecified atom stereocenters. The van der Waals surface area contributed by atoms with E-state index in [9.17, 15) is 19.8 Å². The van der Waals surface area contributed by atoms with Crippen LogP contribution in [0.15, 0.2) is 54.1 Å². The van der Waals surface area contributed by atoms with Crippen LogP contribution in [0.3, 0.4) is 0 Å². The third kappa shape index (κ3) is 6.51. The fourth-order valence-electron chi connectivity index (χ4n) is 9.65. The maximum atomic E-state index is 14.2. The molecule has 5 aliphatic rings. The third-order valence-electron chi connectivity index (χ3n) is 12.5. The molecule has 2 aromatic carbocycles. The van der Waals surface area contributed by atoms with Crippen LogP contribution in [-0.2, 0) is 29.5 Å². The number of ether oxygens (including phenoxy) is 2. The Morgan fingerprint density at radius 1 is 1.06 bits per heavy atom. The zero-order chi connectivity index (χ0) is 37.1. The summed E-state index contributed by atoms with van der Waals surface area (Å²) >= 11 is 6.48. The van der Waals surface area contributed by atoms with Crippen molar-refractivity contribution < 1.29 is 34.1 Å². The number of carbonyl (C=O) groups excluding carboxylic acids is 2. The lowest BCUT2D eigenvalue weighted by Gasteiger charge is -2.56. The Hall–Kier alpha value is -3.19. The topological polar surface area (TPSA) is 124 Å². The van der Waals surface area contributed by atoms with Gasteiger partial charge in [-0.15, -0.1) is 0 Å². The smallest absolute Gasteiger partial charge is 0.323 e.